The Balaban J connectivity index is 2.82. The Morgan fingerprint density at radius 2 is 1.31 bits per heavy atom. The number of methoxy groups -OCH3 is 1. The first-order chi connectivity index (χ1) is 27.5. The normalized spacial score (nSPS) is 16.8. The lowest BCUT2D eigenvalue weighted by Crippen LogP contribution is -2.90. The number of aliphatic hydroxyl groups is 2. The van der Waals surface area contributed by atoms with Gasteiger partial charge in [-0.25, -0.2) is 4.79 Å². The van der Waals surface area contributed by atoms with Crippen molar-refractivity contribution < 1.29 is 60.9 Å². The van der Waals surface area contributed by atoms with Crippen LogP contribution in [0, 0.1) is 0 Å². The first-order valence-corrected chi connectivity index (χ1v) is 38.6. The van der Waals surface area contributed by atoms with Crippen molar-refractivity contribution in [2.45, 2.75) is 97.2 Å². The van der Waals surface area contributed by atoms with Crippen molar-refractivity contribution in [3.63, 3.8) is 0 Å². The molecule has 0 saturated heterocycles. The molecule has 3 N–H and O–H groups in total. The zero-order chi connectivity index (χ0) is 45.0. The minimum absolute atomic E-state index is 0.0266. The number of ether oxygens (including phenoxy) is 4. The smallest absolute Gasteiger partial charge is 0.330 e. The number of hydrogen-bond donors (Lipinski definition) is 3. The van der Waals surface area contributed by atoms with Crippen LogP contribution in [0.2, 0.25) is 52.4 Å². The van der Waals surface area contributed by atoms with Crippen LogP contribution in [0.1, 0.15) is 38.2 Å². The van der Waals surface area contributed by atoms with E-state index in [0.717, 1.165) is 24.3 Å². The summed E-state index contributed by atoms with van der Waals surface area (Å²) >= 11 is 0. The molecule has 0 spiro atoms. The van der Waals surface area contributed by atoms with E-state index in [0.29, 0.717) is 63.3 Å². The summed E-state index contributed by atoms with van der Waals surface area (Å²) in [6.45, 7) is 24.5. The summed E-state index contributed by atoms with van der Waals surface area (Å²) in [5.41, 5.74) is 0.825. The third-order valence-corrected chi connectivity index (χ3v) is 87.8. The Morgan fingerprint density at radius 3 is 1.81 bits per heavy atom. The Kier molecular flexibility index (Phi) is 24.6. The Bertz CT molecular complexity index is 1400. The molecule has 19 heteroatoms. The summed E-state index contributed by atoms with van der Waals surface area (Å²) < 4.78 is 50.1. The molecule has 0 fully saturated rings. The molecule has 342 valence electrons. The number of likely N-dealkylation sites (N-methyl/N-ethyl adjacent to an activating group) is 1. The van der Waals surface area contributed by atoms with Crippen LogP contribution in [0.5, 0.6) is 5.75 Å². The number of quaternary nitrogens is 1. The number of hydrogen-bond acceptors (Lipinski definition) is 12. The highest BCUT2D eigenvalue weighted by Gasteiger charge is 2.74. The number of carbonyl (C=O) groups is 2. The number of amides is 1. The number of nitrogens with one attached hydrogen (secondary N) is 1. The van der Waals surface area contributed by atoms with Gasteiger partial charge in [-0.15, -0.1) is 0 Å². The van der Waals surface area contributed by atoms with Crippen molar-refractivity contribution in [2.75, 3.05) is 101 Å². The van der Waals surface area contributed by atoms with E-state index in [1.165, 1.54) is 6.08 Å². The van der Waals surface area contributed by atoms with Gasteiger partial charge in [0, 0.05) is 66.1 Å². The molecule has 0 radical (unpaired) electrons. The molecule has 14 nitrogen and oxygen atoms in total. The highest BCUT2D eigenvalue weighted by Crippen LogP contribution is 2.41. The Hall–Kier alpha value is -1.58. The summed E-state index contributed by atoms with van der Waals surface area (Å²) in [5, 5.41) is 24.1. The molecular weight excluding hydrogens is 841 g/mol. The summed E-state index contributed by atoms with van der Waals surface area (Å²) in [5.74, 6) is 0.234. The summed E-state index contributed by atoms with van der Waals surface area (Å²) in [6.07, 6.45) is 4.04. The van der Waals surface area contributed by atoms with Crippen LogP contribution in [0.3, 0.4) is 0 Å². The van der Waals surface area contributed by atoms with Gasteiger partial charge >= 0.3 is 5.97 Å². The van der Waals surface area contributed by atoms with E-state index in [-0.39, 0.29) is 25.7 Å². The third kappa shape index (κ3) is 17.6. The minimum atomic E-state index is -2.78. The molecule has 0 aromatic heterocycles. The molecule has 5 unspecified atom stereocenters. The number of carbonyl (C=O) groups excluding carboxylic acids is 2. The Morgan fingerprint density at radius 1 is 0.746 bits per heavy atom. The van der Waals surface area contributed by atoms with E-state index < -0.39 is 55.7 Å². The molecule has 0 aliphatic rings. The molecule has 5 atom stereocenters. The second-order valence-electron chi connectivity index (χ2n) is 17.8. The van der Waals surface area contributed by atoms with Crippen molar-refractivity contribution in [1.82, 2.24) is 5.32 Å². The number of nitrogens with zero attached hydrogens (tertiary/aromatic N) is 1. The molecule has 59 heavy (non-hydrogen) atoms. The highest BCUT2D eigenvalue weighted by atomic mass is 30.0. The monoisotopic (exact) mass is 921 g/mol. The third-order valence-electron chi connectivity index (χ3n) is 11.8. The van der Waals surface area contributed by atoms with Crippen LogP contribution < -0.4 is 10.1 Å². The lowest BCUT2D eigenvalue weighted by molar-refractivity contribution is -0.893. The van der Waals surface area contributed by atoms with E-state index in [4.69, 9.17) is 36.7 Å². The van der Waals surface area contributed by atoms with Gasteiger partial charge in [0.1, 0.15) is 31.1 Å². The SMILES string of the molecule is CCC(=O)NCCC[N+](C)(C)CC(O)COCCCO[Si](C)([Si](C)(C)C)[Si](C)(OCCCOCC(O)COC(=O)/C=C/c1ccc(OC)cc1)[Si](C)(OC)[Si](C)(C)OC. The van der Waals surface area contributed by atoms with Crippen LogP contribution in [0.15, 0.2) is 30.3 Å². The van der Waals surface area contributed by atoms with Crippen molar-refractivity contribution in [3.05, 3.63) is 35.9 Å². The van der Waals surface area contributed by atoms with E-state index in [9.17, 15) is 19.8 Å². The van der Waals surface area contributed by atoms with E-state index >= 15 is 0 Å². The maximum Gasteiger partial charge on any atom is 0.330 e. The summed E-state index contributed by atoms with van der Waals surface area (Å²) in [4.78, 5) is 23.7. The van der Waals surface area contributed by atoms with Gasteiger partial charge in [-0.05, 0) is 69.3 Å². The second-order valence-corrected chi connectivity index (χ2v) is 62.7. The van der Waals surface area contributed by atoms with Crippen molar-refractivity contribution in [1.29, 1.82) is 0 Å². The lowest BCUT2D eigenvalue weighted by atomic mass is 10.2. The molecule has 0 bridgehead atoms. The molecule has 1 amide bonds. The maximum absolute atomic E-state index is 12.2. The fraction of sp³-hybridized carbons (Fsp3) is 0.750. The van der Waals surface area contributed by atoms with Crippen molar-refractivity contribution >= 4 is 55.4 Å². The quantitative estimate of drug-likeness (QED) is 0.0302. The molecule has 1 rings (SSSR count). The van der Waals surface area contributed by atoms with Gasteiger partial charge in [-0.2, -0.15) is 0 Å². The standard InChI is InChI=1S/C40H80N2O12Si5/c1-15-39(45)41-25-16-26-42(2,3)31-36(43)32-50-27-17-29-53-58(13,55(7,8)9)59(14,57(12,49-6)56(10,11)48-5)54-30-18-28-51-33-37(44)34-52-40(46)24-21-35-19-22-38(47-4)23-20-35/h19-24,36-37,43-44H,15-18,25-34H2,1-14H3/p+1/b24-21+. The van der Waals surface area contributed by atoms with E-state index in [2.05, 4.69) is 71.8 Å². The maximum atomic E-state index is 12.2. The lowest BCUT2D eigenvalue weighted by Gasteiger charge is -2.57. The number of esters is 1. The van der Waals surface area contributed by atoms with Gasteiger partial charge in [0.2, 0.25) is 28.4 Å². The minimum Gasteiger partial charge on any atom is -0.497 e. The summed E-state index contributed by atoms with van der Waals surface area (Å²) in [7, 11) is -2.99. The van der Waals surface area contributed by atoms with Crippen LogP contribution in [0.4, 0.5) is 0 Å². The van der Waals surface area contributed by atoms with Gasteiger partial charge in [0.15, 0.2) is 7.35 Å². The molecule has 0 heterocycles. The first kappa shape index (κ1) is 55.4. The average Bonchev–Trinajstić information content (AvgIpc) is 3.19. The largest absolute Gasteiger partial charge is 0.497 e. The van der Waals surface area contributed by atoms with Gasteiger partial charge in [0.05, 0.1) is 48.6 Å². The molecule has 0 saturated carbocycles. The van der Waals surface area contributed by atoms with Crippen LogP contribution in [-0.2, 0) is 41.5 Å². The highest BCUT2D eigenvalue weighted by molar-refractivity contribution is 7.88. The summed E-state index contributed by atoms with van der Waals surface area (Å²) in [6, 6.07) is 7.27. The second kappa shape index (κ2) is 26.1. The molecule has 1 aromatic carbocycles. The van der Waals surface area contributed by atoms with E-state index in [1.807, 2.05) is 26.2 Å². The predicted octanol–water partition coefficient (Wildman–Crippen LogP) is 4.69. The van der Waals surface area contributed by atoms with Crippen molar-refractivity contribution in [3.8, 4) is 5.75 Å². The number of rotatable bonds is 32. The average molecular weight is 923 g/mol. The zero-order valence-corrected chi connectivity index (χ0v) is 43.9. The first-order valence-electron chi connectivity index (χ1n) is 21.0. The fourth-order valence-corrected chi connectivity index (χ4v) is 103. The number of benzene rings is 1. The molecule has 0 aliphatic carbocycles. The van der Waals surface area contributed by atoms with Gasteiger partial charge < -0.3 is 56.7 Å². The van der Waals surface area contributed by atoms with Crippen molar-refractivity contribution in [2.24, 2.45) is 0 Å². The Labute approximate surface area is 360 Å². The van der Waals surface area contributed by atoms with E-state index in [1.54, 1.807) is 32.4 Å². The molecule has 0 aliphatic heterocycles. The molecule has 1 aromatic rings. The van der Waals surface area contributed by atoms with Crippen LogP contribution in [0.25, 0.3) is 6.08 Å². The topological polar surface area (TPSA) is 160 Å². The molecular formula is C40H81N2O12Si5+. The van der Waals surface area contributed by atoms with Gasteiger partial charge in [0.25, 0.3) is 0 Å². The predicted molar refractivity (Wildman–Crippen MR) is 247 cm³/mol. The zero-order valence-electron chi connectivity index (χ0n) is 38.9. The fourth-order valence-electron chi connectivity index (χ4n) is 7.05. The van der Waals surface area contributed by atoms with Gasteiger partial charge in [-0.1, -0.05) is 38.7 Å². The van der Waals surface area contributed by atoms with Crippen LogP contribution >= 0.6 is 0 Å². The van der Waals surface area contributed by atoms with Crippen LogP contribution in [-0.4, -0.2) is 178 Å². The van der Waals surface area contributed by atoms with Gasteiger partial charge in [-0.3, -0.25) is 4.79 Å². The number of aliphatic hydroxyl groups excluding tert-OH is 2.